The minimum absolute atomic E-state index is 0.0146. The van der Waals surface area contributed by atoms with Gasteiger partial charge < -0.3 is 30.2 Å². The molecule has 6 rings (SSSR count). The third-order valence-corrected chi connectivity index (χ3v) is 11.6. The van der Waals surface area contributed by atoms with Crippen molar-refractivity contribution in [2.24, 2.45) is 0 Å². The Kier molecular flexibility index (Phi) is 13.3. The first-order chi connectivity index (χ1) is 27.2. The van der Waals surface area contributed by atoms with Crippen LogP contribution < -0.4 is 25.4 Å². The van der Waals surface area contributed by atoms with E-state index in [1.807, 2.05) is 24.3 Å². The third kappa shape index (κ3) is 9.68. The highest BCUT2D eigenvalue weighted by Crippen LogP contribution is 2.43. The predicted octanol–water partition coefficient (Wildman–Crippen LogP) is 8.74. The molecule has 1 heterocycles. The second-order valence-electron chi connectivity index (χ2n) is 13.0. The number of hydrogen-bond donors (Lipinski definition) is 3. The first-order valence-corrected chi connectivity index (χ1v) is 19.9. The van der Waals surface area contributed by atoms with Crippen molar-refractivity contribution in [3.8, 4) is 11.5 Å². The van der Waals surface area contributed by atoms with Crippen LogP contribution in [0.25, 0.3) is 6.08 Å². The summed E-state index contributed by atoms with van der Waals surface area (Å²) in [5.41, 5.74) is 4.04. The summed E-state index contributed by atoms with van der Waals surface area (Å²) < 4.78 is 16.3. The molecule has 288 valence electrons. The average Bonchev–Trinajstić information content (AvgIpc) is 3.58. The summed E-state index contributed by atoms with van der Waals surface area (Å²) in [4.78, 5) is 55.7. The Morgan fingerprint density at radius 2 is 1.64 bits per heavy atom. The molecule has 0 radical (unpaired) electrons. The summed E-state index contributed by atoms with van der Waals surface area (Å²) in [7, 11) is 3.05. The van der Waals surface area contributed by atoms with Gasteiger partial charge in [-0.3, -0.25) is 14.4 Å². The topological polar surface area (TPSA) is 132 Å². The maximum absolute atomic E-state index is 13.8. The Morgan fingerprint density at radius 1 is 0.893 bits per heavy atom. The van der Waals surface area contributed by atoms with E-state index in [-0.39, 0.29) is 18.2 Å². The molecule has 12 heteroatoms. The summed E-state index contributed by atoms with van der Waals surface area (Å²) in [6, 6.07) is 31.2. The maximum atomic E-state index is 13.8. The fraction of sp³-hybridized carbons (Fsp3) is 0.227. The Hall–Kier alpha value is -5.85. The highest BCUT2D eigenvalue weighted by molar-refractivity contribution is 8.00. The van der Waals surface area contributed by atoms with Crippen molar-refractivity contribution >= 4 is 63.6 Å². The largest absolute Gasteiger partial charge is 0.497 e. The number of carbonyl (C=O) groups is 4. The van der Waals surface area contributed by atoms with E-state index >= 15 is 0 Å². The number of thiophene rings is 1. The summed E-state index contributed by atoms with van der Waals surface area (Å²) >= 11 is 2.76. The number of hydrogen-bond acceptors (Lipinski definition) is 9. The molecule has 56 heavy (non-hydrogen) atoms. The molecule has 3 N–H and O–H groups in total. The number of benzene rings is 4. The van der Waals surface area contributed by atoms with Crippen LogP contribution in [0.15, 0.2) is 114 Å². The summed E-state index contributed by atoms with van der Waals surface area (Å²) in [6.45, 7) is 3.79. The molecule has 2 unspecified atom stereocenters. The van der Waals surface area contributed by atoms with Crippen LogP contribution in [0.1, 0.15) is 68.5 Å². The van der Waals surface area contributed by atoms with E-state index in [0.29, 0.717) is 44.8 Å². The van der Waals surface area contributed by atoms with Gasteiger partial charge in [-0.15, -0.1) is 23.1 Å². The molecule has 0 spiro atoms. The smallest absolute Gasteiger partial charge is 0.341 e. The fourth-order valence-electron chi connectivity index (χ4n) is 6.46. The zero-order valence-electron chi connectivity index (χ0n) is 31.5. The SMILES string of the molecule is CCOC(=O)c1c(NC(=O)C(C)Sc2cccc(NC(=O)/C(=C\c3ccc(OC)cc3OC)NC(=O)c3ccccc3)c2)sc2c1CCC(c1ccccc1)C2. The first-order valence-electron chi connectivity index (χ1n) is 18.2. The molecule has 10 nitrogen and oxygen atoms in total. The van der Waals surface area contributed by atoms with E-state index in [0.717, 1.165) is 34.6 Å². The van der Waals surface area contributed by atoms with E-state index in [1.165, 1.54) is 41.8 Å². The zero-order chi connectivity index (χ0) is 39.6. The van der Waals surface area contributed by atoms with E-state index in [4.69, 9.17) is 14.2 Å². The highest BCUT2D eigenvalue weighted by Gasteiger charge is 2.31. The number of methoxy groups -OCH3 is 2. The van der Waals surface area contributed by atoms with Crippen molar-refractivity contribution < 1.29 is 33.4 Å². The van der Waals surface area contributed by atoms with Crippen LogP contribution >= 0.6 is 23.1 Å². The van der Waals surface area contributed by atoms with Gasteiger partial charge in [0.15, 0.2) is 0 Å². The number of rotatable bonds is 14. The van der Waals surface area contributed by atoms with Crippen LogP contribution in [0.3, 0.4) is 0 Å². The Morgan fingerprint density at radius 3 is 2.36 bits per heavy atom. The van der Waals surface area contributed by atoms with Crippen LogP contribution in [0, 0.1) is 0 Å². The Bertz CT molecular complexity index is 2240. The molecule has 5 aromatic rings. The van der Waals surface area contributed by atoms with Crippen molar-refractivity contribution in [2.75, 3.05) is 31.5 Å². The lowest BCUT2D eigenvalue weighted by molar-refractivity contribution is -0.115. The molecule has 1 aliphatic carbocycles. The molecule has 1 aromatic heterocycles. The molecule has 3 amide bonds. The molecular weight excluding hydrogens is 747 g/mol. The number of thioether (sulfide) groups is 1. The van der Waals surface area contributed by atoms with Gasteiger partial charge in [0.25, 0.3) is 11.8 Å². The van der Waals surface area contributed by atoms with Gasteiger partial charge in [-0.1, -0.05) is 54.6 Å². The molecule has 0 saturated carbocycles. The molecule has 4 aromatic carbocycles. The number of esters is 1. The van der Waals surface area contributed by atoms with E-state index in [9.17, 15) is 19.2 Å². The Labute approximate surface area is 334 Å². The van der Waals surface area contributed by atoms with Crippen molar-refractivity contribution in [1.82, 2.24) is 5.32 Å². The molecule has 0 saturated heterocycles. The van der Waals surface area contributed by atoms with Gasteiger partial charge in [0, 0.05) is 32.7 Å². The number of ether oxygens (including phenoxy) is 3. The van der Waals surface area contributed by atoms with E-state index in [2.05, 4.69) is 28.1 Å². The molecule has 2 atom stereocenters. The maximum Gasteiger partial charge on any atom is 0.341 e. The monoisotopic (exact) mass is 789 g/mol. The number of anilines is 2. The van der Waals surface area contributed by atoms with Gasteiger partial charge >= 0.3 is 5.97 Å². The van der Waals surface area contributed by atoms with E-state index in [1.54, 1.807) is 87.7 Å². The van der Waals surface area contributed by atoms with Crippen molar-refractivity contribution in [1.29, 1.82) is 0 Å². The normalized spacial score (nSPS) is 14.1. The summed E-state index contributed by atoms with van der Waals surface area (Å²) in [5.74, 6) is -0.374. The van der Waals surface area contributed by atoms with Crippen molar-refractivity contribution in [3.63, 3.8) is 0 Å². The van der Waals surface area contributed by atoms with Crippen LogP contribution in [0.5, 0.6) is 11.5 Å². The lowest BCUT2D eigenvalue weighted by atomic mass is 9.83. The number of fused-ring (bicyclic) bond motifs is 1. The predicted molar refractivity (Wildman–Crippen MR) is 222 cm³/mol. The van der Waals surface area contributed by atoms with Crippen LogP contribution in [0.4, 0.5) is 10.7 Å². The minimum Gasteiger partial charge on any atom is -0.497 e. The van der Waals surface area contributed by atoms with Crippen LogP contribution in [-0.2, 0) is 27.2 Å². The number of carbonyl (C=O) groups excluding carboxylic acids is 4. The first kappa shape index (κ1) is 39.8. The molecule has 0 bridgehead atoms. The lowest BCUT2D eigenvalue weighted by Crippen LogP contribution is -2.30. The standard InChI is InChI=1S/C44H43N3O7S2/c1-5-54-44(51)39-35-22-20-30(28-13-8-6-9-14-28)24-38(35)56-43(39)47-40(48)27(2)55-34-18-12-17-32(25-34)45-42(50)36(46-41(49)29-15-10-7-11-16-29)23-31-19-21-33(52-3)26-37(31)53-4/h6-19,21,23,25-27,30H,5,20,22,24H2,1-4H3,(H,45,50)(H,46,49)(H,47,48)/b36-23+. The van der Waals surface area contributed by atoms with E-state index < -0.39 is 23.0 Å². The van der Waals surface area contributed by atoms with Gasteiger partial charge in [-0.2, -0.15) is 0 Å². The molecule has 0 aliphatic heterocycles. The van der Waals surface area contributed by atoms with Crippen molar-refractivity contribution in [2.45, 2.75) is 49.2 Å². The third-order valence-electron chi connectivity index (χ3n) is 9.30. The highest BCUT2D eigenvalue weighted by atomic mass is 32.2. The summed E-state index contributed by atoms with van der Waals surface area (Å²) in [6.07, 6.45) is 3.95. The minimum atomic E-state index is -0.567. The van der Waals surface area contributed by atoms with Gasteiger partial charge in [-0.25, -0.2) is 4.79 Å². The van der Waals surface area contributed by atoms with Gasteiger partial charge in [0.2, 0.25) is 5.91 Å². The fourth-order valence-corrected chi connectivity index (χ4v) is 8.70. The molecule has 0 fully saturated rings. The molecule has 1 aliphatic rings. The second-order valence-corrected chi connectivity index (χ2v) is 15.5. The second kappa shape index (κ2) is 18.7. The van der Waals surface area contributed by atoms with Gasteiger partial charge in [0.1, 0.15) is 22.2 Å². The summed E-state index contributed by atoms with van der Waals surface area (Å²) in [5, 5.41) is 8.62. The van der Waals surface area contributed by atoms with Crippen molar-refractivity contribution in [3.05, 3.63) is 142 Å². The van der Waals surface area contributed by atoms with Crippen LogP contribution in [0.2, 0.25) is 0 Å². The van der Waals surface area contributed by atoms with Gasteiger partial charge in [0.05, 0.1) is 31.6 Å². The number of nitrogens with one attached hydrogen (secondary N) is 3. The van der Waals surface area contributed by atoms with Gasteiger partial charge in [-0.05, 0) is 98.7 Å². The zero-order valence-corrected chi connectivity index (χ0v) is 33.2. The quantitative estimate of drug-likeness (QED) is 0.0579. The number of amides is 3. The Balaban J connectivity index is 1.18. The van der Waals surface area contributed by atoms with Crippen LogP contribution in [-0.4, -0.2) is 49.8 Å². The lowest BCUT2D eigenvalue weighted by Gasteiger charge is -2.23. The molecular formula is C44H43N3O7S2. The average molecular weight is 790 g/mol.